The number of hydrogen-bond donors (Lipinski definition) is 0. The molecule has 0 aromatic heterocycles. The second-order valence-corrected chi connectivity index (χ2v) is 5.61. The number of unbranched alkanes of at least 4 members (excludes halogenated alkanes) is 4. The van der Waals surface area contributed by atoms with Crippen molar-refractivity contribution in [3.05, 3.63) is 0 Å². The van der Waals surface area contributed by atoms with Crippen LogP contribution in [0.2, 0.25) is 0 Å². The van der Waals surface area contributed by atoms with E-state index in [1.54, 1.807) is 0 Å². The molecule has 0 heterocycles. The van der Waals surface area contributed by atoms with Crippen LogP contribution >= 0.6 is 0 Å². The Labute approximate surface area is 107 Å². The molecule has 0 aliphatic rings. The first-order chi connectivity index (χ1) is 7.99. The molecule has 17 heavy (non-hydrogen) atoms. The van der Waals surface area contributed by atoms with E-state index < -0.39 is 0 Å². The average molecular weight is 242 g/mol. The van der Waals surface area contributed by atoms with Crippen LogP contribution in [0.4, 0.5) is 0 Å². The van der Waals surface area contributed by atoms with Gasteiger partial charge >= 0.3 is 5.97 Å². The quantitative estimate of drug-likeness (QED) is 0.437. The third-order valence-corrected chi connectivity index (χ3v) is 3.07. The second-order valence-electron chi connectivity index (χ2n) is 5.61. The van der Waals surface area contributed by atoms with Crippen LogP contribution in [0.5, 0.6) is 0 Å². The van der Waals surface area contributed by atoms with Gasteiger partial charge in [-0.2, -0.15) is 0 Å². The lowest BCUT2D eigenvalue weighted by atomic mass is 9.96. The zero-order chi connectivity index (χ0) is 13.3. The number of rotatable bonds is 9. The number of carbonyl (C=O) groups excluding carboxylic acids is 1. The van der Waals surface area contributed by atoms with Crippen LogP contribution < -0.4 is 0 Å². The molecule has 0 bridgehead atoms. The summed E-state index contributed by atoms with van der Waals surface area (Å²) in [5.41, 5.74) is 0. The molecule has 0 unspecified atom stereocenters. The highest BCUT2D eigenvalue weighted by Crippen LogP contribution is 2.17. The minimum atomic E-state index is -0.0195. The molecule has 0 rings (SSSR count). The van der Waals surface area contributed by atoms with Crippen molar-refractivity contribution in [3.8, 4) is 0 Å². The zero-order valence-corrected chi connectivity index (χ0v) is 12.3. The van der Waals surface area contributed by atoms with Crippen LogP contribution in [0.25, 0.3) is 0 Å². The van der Waals surface area contributed by atoms with Crippen LogP contribution in [0.15, 0.2) is 0 Å². The minimum absolute atomic E-state index is 0.0195. The van der Waals surface area contributed by atoms with E-state index in [1.807, 2.05) is 0 Å². The molecular weight excluding hydrogens is 212 g/mol. The Morgan fingerprint density at radius 3 is 1.94 bits per heavy atom. The normalized spacial score (nSPS) is 11.5. The predicted octanol–water partition coefficient (Wildman–Crippen LogP) is 4.57. The van der Waals surface area contributed by atoms with Gasteiger partial charge < -0.3 is 4.74 Å². The lowest BCUT2D eigenvalue weighted by Gasteiger charge is -2.24. The highest BCUT2D eigenvalue weighted by atomic mass is 16.5. The Morgan fingerprint density at radius 2 is 1.47 bits per heavy atom. The molecule has 0 aliphatic heterocycles. The molecule has 0 fully saturated rings. The molecule has 2 heteroatoms. The molecule has 2 nitrogen and oxygen atoms in total. The molecule has 0 amide bonds. The molecule has 0 spiro atoms. The van der Waals surface area contributed by atoms with E-state index in [0.717, 1.165) is 12.8 Å². The average Bonchev–Trinajstić information content (AvgIpc) is 2.24. The highest BCUT2D eigenvalue weighted by Gasteiger charge is 2.21. The number of hydrogen-bond acceptors (Lipinski definition) is 2. The summed E-state index contributed by atoms with van der Waals surface area (Å²) in [6, 6.07) is 0. The molecule has 0 aliphatic carbocycles. The van der Waals surface area contributed by atoms with Gasteiger partial charge in [-0.25, -0.2) is 0 Å². The lowest BCUT2D eigenvalue weighted by Crippen LogP contribution is -2.28. The minimum Gasteiger partial charge on any atom is -0.462 e. The number of ether oxygens (including phenoxy) is 1. The van der Waals surface area contributed by atoms with E-state index >= 15 is 0 Å². The first kappa shape index (κ1) is 16.5. The summed E-state index contributed by atoms with van der Waals surface area (Å²) in [6.45, 7) is 10.6. The Bertz CT molecular complexity index is 189. The van der Waals surface area contributed by atoms with Gasteiger partial charge in [0, 0.05) is 6.42 Å². The summed E-state index contributed by atoms with van der Waals surface area (Å²) >= 11 is 0. The predicted molar refractivity (Wildman–Crippen MR) is 72.9 cm³/mol. The van der Waals surface area contributed by atoms with E-state index in [0.29, 0.717) is 18.3 Å². The summed E-state index contributed by atoms with van der Waals surface area (Å²) < 4.78 is 5.54. The molecule has 0 saturated carbocycles. The van der Waals surface area contributed by atoms with Crippen LogP contribution in [-0.2, 0) is 9.53 Å². The molecular formula is C15H30O2. The summed E-state index contributed by atoms with van der Waals surface area (Å²) in [7, 11) is 0. The molecule has 0 aromatic rings. The van der Waals surface area contributed by atoms with E-state index in [-0.39, 0.29) is 12.1 Å². The van der Waals surface area contributed by atoms with Crippen molar-refractivity contribution in [2.75, 3.05) is 0 Å². The van der Waals surface area contributed by atoms with Crippen LogP contribution in [0.3, 0.4) is 0 Å². The molecule has 0 saturated heterocycles. The van der Waals surface area contributed by atoms with Crippen molar-refractivity contribution >= 4 is 5.97 Å². The monoisotopic (exact) mass is 242 g/mol. The van der Waals surface area contributed by atoms with Gasteiger partial charge in [0.05, 0.1) is 0 Å². The van der Waals surface area contributed by atoms with Crippen LogP contribution in [0, 0.1) is 11.8 Å². The van der Waals surface area contributed by atoms with Gasteiger partial charge in [-0.1, -0.05) is 60.3 Å². The first-order valence-electron chi connectivity index (χ1n) is 7.18. The number of esters is 1. The third-order valence-electron chi connectivity index (χ3n) is 3.07. The van der Waals surface area contributed by atoms with Gasteiger partial charge in [-0.3, -0.25) is 4.79 Å². The zero-order valence-electron chi connectivity index (χ0n) is 12.3. The van der Waals surface area contributed by atoms with Gasteiger partial charge in [0.15, 0.2) is 0 Å². The van der Waals surface area contributed by atoms with Crippen molar-refractivity contribution < 1.29 is 9.53 Å². The Hall–Kier alpha value is -0.530. The van der Waals surface area contributed by atoms with Gasteiger partial charge in [0.1, 0.15) is 6.10 Å². The van der Waals surface area contributed by atoms with Crippen molar-refractivity contribution in [2.24, 2.45) is 11.8 Å². The van der Waals surface area contributed by atoms with E-state index in [4.69, 9.17) is 4.74 Å². The van der Waals surface area contributed by atoms with Crippen molar-refractivity contribution in [2.45, 2.75) is 79.2 Å². The van der Waals surface area contributed by atoms with E-state index in [9.17, 15) is 4.79 Å². The van der Waals surface area contributed by atoms with E-state index in [1.165, 1.54) is 19.3 Å². The fourth-order valence-electron chi connectivity index (χ4n) is 2.13. The van der Waals surface area contributed by atoms with Crippen LogP contribution in [0.1, 0.15) is 73.1 Å². The van der Waals surface area contributed by atoms with Crippen molar-refractivity contribution in [1.82, 2.24) is 0 Å². The molecule has 0 aromatic carbocycles. The Morgan fingerprint density at radius 1 is 0.941 bits per heavy atom. The van der Waals surface area contributed by atoms with Crippen molar-refractivity contribution in [1.29, 1.82) is 0 Å². The molecule has 102 valence electrons. The molecule has 0 N–H and O–H groups in total. The van der Waals surface area contributed by atoms with Gasteiger partial charge in [-0.15, -0.1) is 0 Å². The summed E-state index contributed by atoms with van der Waals surface area (Å²) in [5, 5.41) is 0. The first-order valence-corrected chi connectivity index (χ1v) is 7.18. The Kier molecular flexibility index (Phi) is 9.20. The van der Waals surface area contributed by atoms with Gasteiger partial charge in [0.25, 0.3) is 0 Å². The third kappa shape index (κ3) is 8.23. The standard InChI is InChI=1S/C15H30O2/c1-6-7-8-9-10-11-14(16)17-15(12(2)3)13(4)5/h12-13,15H,6-11H2,1-5H3. The fraction of sp³-hybridized carbons (Fsp3) is 0.933. The maximum atomic E-state index is 11.7. The summed E-state index contributed by atoms with van der Waals surface area (Å²) in [5.74, 6) is 0.784. The SMILES string of the molecule is CCCCCCCC(=O)OC(C(C)C)C(C)C. The smallest absolute Gasteiger partial charge is 0.306 e. The maximum Gasteiger partial charge on any atom is 0.306 e. The van der Waals surface area contributed by atoms with Crippen molar-refractivity contribution in [3.63, 3.8) is 0 Å². The molecule has 0 radical (unpaired) electrons. The fourth-order valence-corrected chi connectivity index (χ4v) is 2.13. The lowest BCUT2D eigenvalue weighted by molar-refractivity contribution is -0.154. The highest BCUT2D eigenvalue weighted by molar-refractivity contribution is 5.69. The summed E-state index contributed by atoms with van der Waals surface area (Å²) in [6.07, 6.45) is 6.53. The topological polar surface area (TPSA) is 26.3 Å². The largest absolute Gasteiger partial charge is 0.462 e. The summed E-state index contributed by atoms with van der Waals surface area (Å²) in [4.78, 5) is 11.7. The Balaban J connectivity index is 3.76. The molecule has 0 atom stereocenters. The maximum absolute atomic E-state index is 11.7. The second kappa shape index (κ2) is 9.49. The van der Waals surface area contributed by atoms with Gasteiger partial charge in [0.2, 0.25) is 0 Å². The van der Waals surface area contributed by atoms with Crippen LogP contribution in [-0.4, -0.2) is 12.1 Å². The van der Waals surface area contributed by atoms with Gasteiger partial charge in [-0.05, 0) is 18.3 Å². The van der Waals surface area contributed by atoms with E-state index in [2.05, 4.69) is 34.6 Å². The number of carbonyl (C=O) groups is 1.